The van der Waals surface area contributed by atoms with E-state index in [0.717, 1.165) is 5.56 Å². The average molecular weight is 326 g/mol. The zero-order valence-corrected chi connectivity index (χ0v) is 13.1. The summed E-state index contributed by atoms with van der Waals surface area (Å²) in [4.78, 5) is 12.6. The molecule has 0 bridgehead atoms. The summed E-state index contributed by atoms with van der Waals surface area (Å²) in [5.74, 6) is 2.62. The fourth-order valence-corrected chi connectivity index (χ4v) is 2.72. The molecule has 0 amide bonds. The van der Waals surface area contributed by atoms with Crippen LogP contribution in [0.5, 0.6) is 28.7 Å². The summed E-state index contributed by atoms with van der Waals surface area (Å²) in [6, 6.07) is 8.78. The molecule has 2 aromatic carbocycles. The number of methoxy groups -OCH3 is 2. The lowest BCUT2D eigenvalue weighted by atomic mass is 10.1. The summed E-state index contributed by atoms with van der Waals surface area (Å²) in [6.45, 7) is 0.202. The van der Waals surface area contributed by atoms with E-state index in [1.165, 1.54) is 14.2 Å². The Labute approximate surface area is 138 Å². The van der Waals surface area contributed by atoms with Crippen molar-refractivity contribution in [2.75, 3.05) is 21.0 Å². The number of hydrogen-bond donors (Lipinski definition) is 0. The number of hydrogen-bond acceptors (Lipinski definition) is 6. The Morgan fingerprint density at radius 3 is 2.67 bits per heavy atom. The van der Waals surface area contributed by atoms with Crippen LogP contribution in [0.1, 0.15) is 15.9 Å². The number of Topliss-reactive ketones (excluding diaryl/α,β-unsaturated/α-hetero) is 1. The van der Waals surface area contributed by atoms with Crippen LogP contribution in [0.15, 0.2) is 36.1 Å². The van der Waals surface area contributed by atoms with Gasteiger partial charge in [-0.2, -0.15) is 0 Å². The minimum Gasteiger partial charge on any atom is -0.493 e. The van der Waals surface area contributed by atoms with E-state index in [2.05, 4.69) is 0 Å². The largest absolute Gasteiger partial charge is 0.493 e. The molecule has 2 aromatic rings. The first-order valence-electron chi connectivity index (χ1n) is 7.30. The molecule has 0 saturated heterocycles. The van der Waals surface area contributed by atoms with Gasteiger partial charge in [0, 0.05) is 0 Å². The highest BCUT2D eigenvalue weighted by Gasteiger charge is 2.32. The van der Waals surface area contributed by atoms with Crippen molar-refractivity contribution in [3.63, 3.8) is 0 Å². The molecule has 0 aliphatic carbocycles. The zero-order valence-electron chi connectivity index (χ0n) is 13.1. The molecule has 24 heavy (non-hydrogen) atoms. The van der Waals surface area contributed by atoms with Crippen molar-refractivity contribution < 1.29 is 28.5 Å². The van der Waals surface area contributed by atoms with Crippen LogP contribution in [0.25, 0.3) is 6.08 Å². The molecular weight excluding hydrogens is 312 g/mol. The second-order valence-corrected chi connectivity index (χ2v) is 5.23. The highest BCUT2D eigenvalue weighted by atomic mass is 16.7. The minimum absolute atomic E-state index is 0.202. The van der Waals surface area contributed by atoms with Crippen LogP contribution in [0.3, 0.4) is 0 Å². The highest BCUT2D eigenvalue weighted by molar-refractivity contribution is 6.15. The van der Waals surface area contributed by atoms with Crippen molar-refractivity contribution in [1.29, 1.82) is 0 Å². The van der Waals surface area contributed by atoms with E-state index < -0.39 is 0 Å². The van der Waals surface area contributed by atoms with E-state index >= 15 is 0 Å². The van der Waals surface area contributed by atoms with Gasteiger partial charge in [0.1, 0.15) is 0 Å². The van der Waals surface area contributed by atoms with Gasteiger partial charge >= 0.3 is 0 Å². The molecule has 2 aliphatic rings. The Balaban J connectivity index is 1.72. The van der Waals surface area contributed by atoms with E-state index in [4.69, 9.17) is 23.7 Å². The second-order valence-electron chi connectivity index (χ2n) is 5.23. The minimum atomic E-state index is -0.205. The molecule has 6 heteroatoms. The molecular formula is C18H14O6. The third-order valence-electron chi connectivity index (χ3n) is 3.87. The first kappa shape index (κ1) is 14.4. The van der Waals surface area contributed by atoms with E-state index in [1.807, 2.05) is 6.07 Å². The molecule has 122 valence electrons. The molecule has 2 heterocycles. The van der Waals surface area contributed by atoms with Crippen LogP contribution in [0.2, 0.25) is 0 Å². The normalized spacial score (nSPS) is 16.1. The first-order valence-corrected chi connectivity index (χ1v) is 7.30. The Morgan fingerprint density at radius 2 is 1.88 bits per heavy atom. The molecule has 0 saturated carbocycles. The van der Waals surface area contributed by atoms with E-state index in [9.17, 15) is 4.79 Å². The Morgan fingerprint density at radius 1 is 1.04 bits per heavy atom. The van der Waals surface area contributed by atoms with Gasteiger partial charge in [0.15, 0.2) is 28.8 Å². The van der Waals surface area contributed by atoms with Gasteiger partial charge < -0.3 is 23.7 Å². The maximum atomic E-state index is 12.6. The monoisotopic (exact) mass is 326 g/mol. The molecule has 0 N–H and O–H groups in total. The molecule has 0 unspecified atom stereocenters. The van der Waals surface area contributed by atoms with Crippen molar-refractivity contribution in [1.82, 2.24) is 0 Å². The topological polar surface area (TPSA) is 63.2 Å². The lowest BCUT2D eigenvalue weighted by molar-refractivity contribution is 0.101. The predicted octanol–water partition coefficient (Wildman–Crippen LogP) is 3.05. The zero-order chi connectivity index (χ0) is 16.7. The lowest BCUT2D eigenvalue weighted by Crippen LogP contribution is -1.98. The number of ketones is 1. The lowest BCUT2D eigenvalue weighted by Gasteiger charge is -2.10. The predicted molar refractivity (Wildman–Crippen MR) is 85.0 cm³/mol. The van der Waals surface area contributed by atoms with Crippen LogP contribution in [0.4, 0.5) is 0 Å². The Kier molecular flexibility index (Phi) is 3.30. The van der Waals surface area contributed by atoms with Gasteiger partial charge in [-0.15, -0.1) is 0 Å². The van der Waals surface area contributed by atoms with E-state index in [0.29, 0.717) is 34.3 Å². The molecule has 6 nitrogen and oxygen atoms in total. The van der Waals surface area contributed by atoms with Gasteiger partial charge in [0.25, 0.3) is 0 Å². The fraction of sp³-hybridized carbons (Fsp3) is 0.167. The van der Waals surface area contributed by atoms with Gasteiger partial charge in [0.05, 0.1) is 19.8 Å². The highest BCUT2D eigenvalue weighted by Crippen LogP contribution is 2.45. The van der Waals surface area contributed by atoms with Gasteiger partial charge in [0.2, 0.25) is 18.3 Å². The number of allylic oxidation sites excluding steroid dienone is 1. The molecule has 0 aromatic heterocycles. The molecule has 2 aliphatic heterocycles. The molecule has 0 spiro atoms. The Bertz CT molecular complexity index is 868. The maximum absolute atomic E-state index is 12.6. The number of fused-ring (bicyclic) bond motifs is 2. The summed E-state index contributed by atoms with van der Waals surface area (Å²) >= 11 is 0. The number of benzene rings is 2. The van der Waals surface area contributed by atoms with Crippen molar-refractivity contribution in [2.24, 2.45) is 0 Å². The molecule has 0 radical (unpaired) electrons. The average Bonchev–Trinajstić information content (AvgIpc) is 3.19. The Hall–Kier alpha value is -3.15. The number of carbonyl (C=O) groups is 1. The fourth-order valence-electron chi connectivity index (χ4n) is 2.72. The number of carbonyl (C=O) groups excluding carboxylic acids is 1. The van der Waals surface area contributed by atoms with Crippen LogP contribution in [-0.2, 0) is 0 Å². The van der Waals surface area contributed by atoms with E-state index in [-0.39, 0.29) is 18.3 Å². The number of ether oxygens (including phenoxy) is 5. The summed E-state index contributed by atoms with van der Waals surface area (Å²) in [5.41, 5.74) is 1.22. The summed E-state index contributed by atoms with van der Waals surface area (Å²) in [7, 11) is 3.04. The molecule has 4 rings (SSSR count). The van der Waals surface area contributed by atoms with Crippen LogP contribution < -0.4 is 23.7 Å². The van der Waals surface area contributed by atoms with Crippen LogP contribution in [-0.4, -0.2) is 26.8 Å². The third kappa shape index (κ3) is 2.15. The quantitative estimate of drug-likeness (QED) is 0.808. The number of rotatable bonds is 3. The molecule has 0 fully saturated rings. The summed E-state index contributed by atoms with van der Waals surface area (Å²) in [6.07, 6.45) is 1.66. The van der Waals surface area contributed by atoms with Gasteiger partial charge in [-0.1, -0.05) is 6.07 Å². The summed E-state index contributed by atoms with van der Waals surface area (Å²) in [5, 5.41) is 0. The van der Waals surface area contributed by atoms with Crippen molar-refractivity contribution in [3.8, 4) is 28.7 Å². The second kappa shape index (κ2) is 5.49. The smallest absolute Gasteiger partial charge is 0.232 e. The van der Waals surface area contributed by atoms with Crippen molar-refractivity contribution in [2.45, 2.75) is 0 Å². The first-order chi connectivity index (χ1) is 11.7. The van der Waals surface area contributed by atoms with E-state index in [1.54, 1.807) is 30.3 Å². The van der Waals surface area contributed by atoms with Crippen LogP contribution >= 0.6 is 0 Å². The SMILES string of the molecule is COc1ccc2c(c1OC)OC(=Cc1ccc3c(c1)OCO3)C2=O. The van der Waals surface area contributed by atoms with Crippen LogP contribution in [0, 0.1) is 0 Å². The third-order valence-corrected chi connectivity index (χ3v) is 3.87. The molecule has 0 atom stereocenters. The van der Waals surface area contributed by atoms with Crippen molar-refractivity contribution in [3.05, 3.63) is 47.2 Å². The maximum Gasteiger partial charge on any atom is 0.232 e. The van der Waals surface area contributed by atoms with Gasteiger partial charge in [-0.05, 0) is 35.9 Å². The van der Waals surface area contributed by atoms with Gasteiger partial charge in [-0.3, -0.25) is 4.79 Å². The van der Waals surface area contributed by atoms with Gasteiger partial charge in [-0.25, -0.2) is 0 Å². The van der Waals surface area contributed by atoms with Crippen molar-refractivity contribution >= 4 is 11.9 Å². The standard InChI is InChI=1S/C18H14O6/c1-20-13-6-4-11-16(19)15(24-17(11)18(13)21-2)8-10-3-5-12-14(7-10)23-9-22-12/h3-8H,9H2,1-2H3. The summed E-state index contributed by atoms with van der Waals surface area (Å²) < 4.78 is 26.9.